The van der Waals surface area contributed by atoms with Crippen LogP contribution in [0, 0.1) is 0 Å². The Morgan fingerprint density at radius 2 is 1.92 bits per heavy atom. The Hall–Kier alpha value is -2.02. The van der Waals surface area contributed by atoms with Crippen molar-refractivity contribution in [3.8, 4) is 0 Å². The Kier molecular flexibility index (Phi) is 7.37. The topological polar surface area (TPSA) is 49.4 Å². The van der Waals surface area contributed by atoms with E-state index >= 15 is 0 Å². The van der Waals surface area contributed by atoms with E-state index in [0.29, 0.717) is 5.11 Å². The van der Waals surface area contributed by atoms with E-state index in [2.05, 4.69) is 50.8 Å². The monoisotopic (exact) mass is 370 g/mol. The average Bonchev–Trinajstić information content (AvgIpc) is 2.71. The van der Waals surface area contributed by atoms with E-state index in [4.69, 9.17) is 17.0 Å². The van der Waals surface area contributed by atoms with E-state index in [1.165, 1.54) is 11.1 Å². The first-order chi connectivity index (χ1) is 12.8. The van der Waals surface area contributed by atoms with Crippen molar-refractivity contribution in [2.24, 2.45) is 0 Å². The molecule has 138 valence electrons. The number of hydrogen-bond donors (Lipinski definition) is 2. The molecule has 0 aliphatic carbocycles. The lowest BCUT2D eigenvalue weighted by Crippen LogP contribution is -2.45. The molecule has 0 radical (unpaired) electrons. The highest BCUT2D eigenvalue weighted by atomic mass is 32.1. The van der Waals surface area contributed by atoms with Crippen LogP contribution >= 0.6 is 12.2 Å². The summed E-state index contributed by atoms with van der Waals surface area (Å²) in [6, 6.07) is 14.8. The predicted octanol–water partition coefficient (Wildman–Crippen LogP) is 2.16. The molecule has 2 N–H and O–H groups in total. The first-order valence-electron chi connectivity index (χ1n) is 9.10. The normalized spacial score (nSPS) is 16.0. The van der Waals surface area contributed by atoms with Crippen LogP contribution in [0.25, 0.3) is 0 Å². The van der Waals surface area contributed by atoms with E-state index in [1.807, 2.05) is 24.5 Å². The lowest BCUT2D eigenvalue weighted by atomic mass is 10.1. The quantitative estimate of drug-likeness (QED) is 0.729. The van der Waals surface area contributed by atoms with Crippen molar-refractivity contribution in [3.05, 3.63) is 66.0 Å². The van der Waals surface area contributed by atoms with Crippen LogP contribution in [0.4, 0.5) is 0 Å². The van der Waals surface area contributed by atoms with Gasteiger partial charge in [-0.15, -0.1) is 0 Å². The lowest BCUT2D eigenvalue weighted by Gasteiger charge is -2.35. The number of pyridine rings is 1. The molecule has 6 heteroatoms. The molecule has 2 aromatic rings. The zero-order valence-corrected chi connectivity index (χ0v) is 15.8. The van der Waals surface area contributed by atoms with Crippen molar-refractivity contribution < 1.29 is 4.74 Å². The summed E-state index contributed by atoms with van der Waals surface area (Å²) in [6.45, 7) is 4.98. The Labute approximate surface area is 160 Å². The zero-order chi connectivity index (χ0) is 18.0. The van der Waals surface area contributed by atoms with Crippen LogP contribution in [0.3, 0.4) is 0 Å². The highest BCUT2D eigenvalue weighted by Gasteiger charge is 2.22. The molecule has 1 atom stereocenters. The summed E-state index contributed by atoms with van der Waals surface area (Å²) in [4.78, 5) is 6.71. The molecular formula is C20H26N4OS. The maximum Gasteiger partial charge on any atom is 0.166 e. The SMILES string of the molecule is S=C(NCCc1ccccc1)NC[C@@H](c1cccnc1)N1CCOCC1. The molecule has 1 fully saturated rings. The predicted molar refractivity (Wildman–Crippen MR) is 108 cm³/mol. The summed E-state index contributed by atoms with van der Waals surface area (Å²) < 4.78 is 5.49. The molecule has 3 rings (SSSR count). The highest BCUT2D eigenvalue weighted by Crippen LogP contribution is 2.20. The van der Waals surface area contributed by atoms with Gasteiger partial charge in [0.25, 0.3) is 0 Å². The lowest BCUT2D eigenvalue weighted by molar-refractivity contribution is 0.0169. The van der Waals surface area contributed by atoms with Gasteiger partial charge in [0.05, 0.1) is 19.3 Å². The van der Waals surface area contributed by atoms with Gasteiger partial charge in [0, 0.05) is 38.6 Å². The third kappa shape index (κ3) is 5.76. The Morgan fingerprint density at radius 1 is 1.12 bits per heavy atom. The standard InChI is InChI=1S/C20H26N4OS/c26-20(22-10-8-17-5-2-1-3-6-17)23-16-19(18-7-4-9-21-15-18)24-11-13-25-14-12-24/h1-7,9,15,19H,8,10-14,16H2,(H2,22,23,26)/t19-/m0/s1. The number of hydrogen-bond acceptors (Lipinski definition) is 4. The molecule has 5 nitrogen and oxygen atoms in total. The van der Waals surface area contributed by atoms with Crippen molar-refractivity contribution in [1.29, 1.82) is 0 Å². The first kappa shape index (κ1) is 18.8. The summed E-state index contributed by atoms with van der Waals surface area (Å²) in [5, 5.41) is 7.37. The zero-order valence-electron chi connectivity index (χ0n) is 14.9. The Bertz CT molecular complexity index is 662. The number of aromatic nitrogens is 1. The maximum absolute atomic E-state index is 5.49. The summed E-state index contributed by atoms with van der Waals surface area (Å²) >= 11 is 5.46. The van der Waals surface area contributed by atoms with E-state index in [9.17, 15) is 0 Å². The van der Waals surface area contributed by atoms with Gasteiger partial charge in [-0.3, -0.25) is 9.88 Å². The second-order valence-corrected chi connectivity index (χ2v) is 6.73. The molecule has 2 heterocycles. The van der Waals surface area contributed by atoms with Crippen LogP contribution in [0.2, 0.25) is 0 Å². The van der Waals surface area contributed by atoms with Gasteiger partial charge in [0.15, 0.2) is 5.11 Å². The third-order valence-electron chi connectivity index (χ3n) is 4.55. The largest absolute Gasteiger partial charge is 0.379 e. The van der Waals surface area contributed by atoms with E-state index in [0.717, 1.165) is 45.8 Å². The van der Waals surface area contributed by atoms with Crippen molar-refractivity contribution in [1.82, 2.24) is 20.5 Å². The molecule has 0 amide bonds. The van der Waals surface area contributed by atoms with Gasteiger partial charge in [-0.05, 0) is 35.8 Å². The molecule has 0 bridgehead atoms. The van der Waals surface area contributed by atoms with Crippen LogP contribution < -0.4 is 10.6 Å². The molecule has 26 heavy (non-hydrogen) atoms. The summed E-state index contributed by atoms with van der Waals surface area (Å²) in [5.74, 6) is 0. The molecule has 1 aliphatic heterocycles. The van der Waals surface area contributed by atoms with E-state index in [-0.39, 0.29) is 6.04 Å². The molecule has 1 aliphatic rings. The number of ether oxygens (including phenoxy) is 1. The number of nitrogens with one attached hydrogen (secondary N) is 2. The number of morpholine rings is 1. The second-order valence-electron chi connectivity index (χ2n) is 6.32. The molecule has 0 unspecified atom stereocenters. The van der Waals surface area contributed by atoms with Crippen LogP contribution in [-0.2, 0) is 11.2 Å². The van der Waals surface area contributed by atoms with E-state index < -0.39 is 0 Å². The number of rotatable bonds is 7. The fourth-order valence-electron chi connectivity index (χ4n) is 3.14. The molecule has 0 saturated carbocycles. The maximum atomic E-state index is 5.49. The van der Waals surface area contributed by atoms with Gasteiger partial charge in [-0.2, -0.15) is 0 Å². The summed E-state index contributed by atoms with van der Waals surface area (Å²) in [5.41, 5.74) is 2.51. The van der Waals surface area contributed by atoms with Gasteiger partial charge < -0.3 is 15.4 Å². The molecule has 1 aromatic carbocycles. The van der Waals surface area contributed by atoms with Crippen molar-refractivity contribution in [2.75, 3.05) is 39.4 Å². The number of nitrogens with zero attached hydrogens (tertiary/aromatic N) is 2. The van der Waals surface area contributed by atoms with Crippen LogP contribution in [0.15, 0.2) is 54.9 Å². The van der Waals surface area contributed by atoms with Crippen LogP contribution in [0.1, 0.15) is 17.2 Å². The first-order valence-corrected chi connectivity index (χ1v) is 9.51. The third-order valence-corrected chi connectivity index (χ3v) is 4.84. The van der Waals surface area contributed by atoms with Crippen molar-refractivity contribution in [3.63, 3.8) is 0 Å². The summed E-state index contributed by atoms with van der Waals surface area (Å²) in [7, 11) is 0. The highest BCUT2D eigenvalue weighted by molar-refractivity contribution is 7.80. The average molecular weight is 371 g/mol. The minimum atomic E-state index is 0.237. The second kappa shape index (κ2) is 10.2. The molecule has 1 saturated heterocycles. The fourth-order valence-corrected chi connectivity index (χ4v) is 3.32. The Balaban J connectivity index is 1.49. The summed E-state index contributed by atoms with van der Waals surface area (Å²) in [6.07, 6.45) is 4.70. The van der Waals surface area contributed by atoms with Crippen LogP contribution in [0.5, 0.6) is 0 Å². The molecule has 0 spiro atoms. The molecular weight excluding hydrogens is 344 g/mol. The number of benzene rings is 1. The van der Waals surface area contributed by atoms with Crippen molar-refractivity contribution >= 4 is 17.3 Å². The van der Waals surface area contributed by atoms with Gasteiger partial charge >= 0.3 is 0 Å². The van der Waals surface area contributed by atoms with Gasteiger partial charge in [0.1, 0.15) is 0 Å². The van der Waals surface area contributed by atoms with E-state index in [1.54, 1.807) is 0 Å². The van der Waals surface area contributed by atoms with Gasteiger partial charge in [-0.25, -0.2) is 0 Å². The number of thiocarbonyl (C=S) groups is 1. The minimum absolute atomic E-state index is 0.237. The minimum Gasteiger partial charge on any atom is -0.379 e. The molecule has 1 aromatic heterocycles. The van der Waals surface area contributed by atoms with Gasteiger partial charge in [-0.1, -0.05) is 36.4 Å². The van der Waals surface area contributed by atoms with Crippen LogP contribution in [-0.4, -0.2) is 54.4 Å². The van der Waals surface area contributed by atoms with Crippen molar-refractivity contribution in [2.45, 2.75) is 12.5 Å². The fraction of sp³-hybridized carbons (Fsp3) is 0.400. The Morgan fingerprint density at radius 3 is 2.65 bits per heavy atom. The smallest absolute Gasteiger partial charge is 0.166 e. The van der Waals surface area contributed by atoms with Gasteiger partial charge in [0.2, 0.25) is 0 Å².